The second-order valence-corrected chi connectivity index (χ2v) is 7.65. The van der Waals surface area contributed by atoms with E-state index in [0.29, 0.717) is 21.4 Å². The Morgan fingerprint density at radius 3 is 2.57 bits per heavy atom. The van der Waals surface area contributed by atoms with Gasteiger partial charge >= 0.3 is 0 Å². The topological polar surface area (TPSA) is 84.2 Å². The van der Waals surface area contributed by atoms with Crippen molar-refractivity contribution in [3.63, 3.8) is 0 Å². The van der Waals surface area contributed by atoms with Gasteiger partial charge in [-0.1, -0.05) is 52.7 Å². The van der Waals surface area contributed by atoms with Crippen LogP contribution in [0.3, 0.4) is 0 Å². The Bertz CT molecular complexity index is 1080. The van der Waals surface area contributed by atoms with Crippen LogP contribution < -0.4 is 10.9 Å². The molecule has 0 saturated carbocycles. The monoisotopic (exact) mass is 435 g/mol. The predicted octanol–water partition coefficient (Wildman–Crippen LogP) is 4.28. The minimum absolute atomic E-state index is 0.0410. The molecule has 0 fully saturated rings. The molecule has 0 aliphatic heterocycles. The molecule has 1 amide bonds. The molecule has 0 atom stereocenters. The Labute approximate surface area is 175 Å². The van der Waals surface area contributed by atoms with Crippen LogP contribution in [0.5, 0.6) is 5.88 Å². The molecule has 28 heavy (non-hydrogen) atoms. The highest BCUT2D eigenvalue weighted by Crippen LogP contribution is 2.26. The van der Waals surface area contributed by atoms with Crippen molar-refractivity contribution in [3.8, 4) is 11.6 Å². The first-order valence-corrected chi connectivity index (χ1v) is 9.85. The van der Waals surface area contributed by atoms with Crippen LogP contribution in [-0.2, 0) is 4.79 Å². The van der Waals surface area contributed by atoms with Gasteiger partial charge in [0.15, 0.2) is 5.16 Å². The number of benzene rings is 2. The zero-order chi connectivity index (χ0) is 20.3. The second kappa shape index (κ2) is 8.68. The average molecular weight is 436 g/mol. The summed E-state index contributed by atoms with van der Waals surface area (Å²) in [5.74, 6) is -0.792. The van der Waals surface area contributed by atoms with E-state index in [-0.39, 0.29) is 16.8 Å². The van der Waals surface area contributed by atoms with Crippen LogP contribution in [0.4, 0.5) is 5.69 Å². The third-order valence-corrected chi connectivity index (χ3v) is 5.19. The summed E-state index contributed by atoms with van der Waals surface area (Å²) in [5, 5.41) is 13.4. The highest BCUT2D eigenvalue weighted by molar-refractivity contribution is 7.99. The molecule has 0 aliphatic carbocycles. The molecular formula is C19H15Cl2N3O3S. The first-order valence-electron chi connectivity index (χ1n) is 8.11. The Morgan fingerprint density at radius 2 is 1.89 bits per heavy atom. The number of carbonyl (C=O) groups is 1. The molecule has 0 aliphatic rings. The van der Waals surface area contributed by atoms with Crippen molar-refractivity contribution in [2.75, 3.05) is 11.1 Å². The molecular weight excluding hydrogens is 421 g/mol. The number of amides is 1. The first kappa shape index (κ1) is 20.3. The number of thioether (sulfide) groups is 1. The summed E-state index contributed by atoms with van der Waals surface area (Å²) in [6.45, 7) is 1.93. The van der Waals surface area contributed by atoms with Crippen molar-refractivity contribution in [2.45, 2.75) is 12.1 Å². The van der Waals surface area contributed by atoms with Gasteiger partial charge in [-0.25, -0.2) is 0 Å². The zero-order valence-corrected chi connectivity index (χ0v) is 17.0. The number of anilines is 1. The lowest BCUT2D eigenvalue weighted by atomic mass is 10.2. The minimum Gasteiger partial charge on any atom is -0.493 e. The van der Waals surface area contributed by atoms with Gasteiger partial charge < -0.3 is 10.4 Å². The lowest BCUT2D eigenvalue weighted by Gasteiger charge is -2.12. The molecule has 3 aromatic rings. The molecule has 0 radical (unpaired) electrons. The lowest BCUT2D eigenvalue weighted by molar-refractivity contribution is -0.113. The van der Waals surface area contributed by atoms with Crippen molar-refractivity contribution in [1.82, 2.24) is 9.55 Å². The van der Waals surface area contributed by atoms with Gasteiger partial charge in [0.05, 0.1) is 28.2 Å². The maximum Gasteiger partial charge on any atom is 0.262 e. The number of aromatic hydroxyl groups is 1. The van der Waals surface area contributed by atoms with Crippen LogP contribution in [0.2, 0.25) is 10.0 Å². The molecule has 0 spiro atoms. The summed E-state index contributed by atoms with van der Waals surface area (Å²) in [4.78, 5) is 28.7. The summed E-state index contributed by atoms with van der Waals surface area (Å²) in [5.41, 5.74) is 1.61. The summed E-state index contributed by atoms with van der Waals surface area (Å²) in [6.07, 6.45) is 0. The number of nitrogens with one attached hydrogen (secondary N) is 1. The van der Waals surface area contributed by atoms with Crippen molar-refractivity contribution in [1.29, 1.82) is 0 Å². The Hall–Kier alpha value is -2.48. The van der Waals surface area contributed by atoms with Gasteiger partial charge in [-0.2, -0.15) is 4.98 Å². The molecule has 6 nitrogen and oxygen atoms in total. The molecule has 2 aromatic carbocycles. The van der Waals surface area contributed by atoms with E-state index in [2.05, 4.69) is 10.3 Å². The van der Waals surface area contributed by atoms with Gasteiger partial charge in [0.1, 0.15) is 0 Å². The number of aromatic nitrogens is 2. The van der Waals surface area contributed by atoms with Crippen LogP contribution in [0.25, 0.3) is 5.69 Å². The molecule has 0 unspecified atom stereocenters. The number of aryl methyl sites for hydroxylation is 1. The quantitative estimate of drug-likeness (QED) is 0.461. The van der Waals surface area contributed by atoms with Crippen molar-refractivity contribution >= 4 is 46.6 Å². The van der Waals surface area contributed by atoms with E-state index in [9.17, 15) is 14.7 Å². The molecule has 3 rings (SSSR count). The van der Waals surface area contributed by atoms with Crippen molar-refractivity contribution in [3.05, 3.63) is 74.5 Å². The fourth-order valence-electron chi connectivity index (χ4n) is 2.39. The summed E-state index contributed by atoms with van der Waals surface area (Å²) < 4.78 is 1.34. The van der Waals surface area contributed by atoms with Crippen LogP contribution in [-0.4, -0.2) is 26.3 Å². The summed E-state index contributed by atoms with van der Waals surface area (Å²) in [6, 6.07) is 13.0. The Balaban J connectivity index is 1.81. The van der Waals surface area contributed by atoms with E-state index in [1.807, 2.05) is 19.1 Å². The Morgan fingerprint density at radius 1 is 1.18 bits per heavy atom. The standard InChI is InChI=1S/C19H15Cl2N3O3S/c1-11-2-5-13(6-3-11)24-18(27)9-16(25)23-19(24)28-10-17(26)22-15-7-4-12(20)8-14(15)21/h2-9,25H,10H2,1H3,(H,22,26). The third kappa shape index (κ3) is 4.86. The Kier molecular flexibility index (Phi) is 6.28. The van der Waals surface area contributed by atoms with Gasteiger partial charge in [0, 0.05) is 5.02 Å². The fraction of sp³-hybridized carbons (Fsp3) is 0.105. The summed E-state index contributed by atoms with van der Waals surface area (Å²) >= 11 is 12.9. The molecule has 1 aromatic heterocycles. The van der Waals surface area contributed by atoms with Crippen molar-refractivity contribution in [2.24, 2.45) is 0 Å². The van der Waals surface area contributed by atoms with Gasteiger partial charge in [0.25, 0.3) is 5.56 Å². The number of carbonyl (C=O) groups excluding carboxylic acids is 1. The van der Waals surface area contributed by atoms with E-state index < -0.39 is 11.4 Å². The number of halogens is 2. The highest BCUT2D eigenvalue weighted by atomic mass is 35.5. The van der Waals surface area contributed by atoms with E-state index in [0.717, 1.165) is 23.4 Å². The SMILES string of the molecule is Cc1ccc(-n2c(SCC(=O)Nc3ccc(Cl)cc3Cl)nc(O)cc2=O)cc1. The second-order valence-electron chi connectivity index (χ2n) is 5.87. The van der Waals surface area contributed by atoms with Crippen LogP contribution in [0, 0.1) is 6.92 Å². The van der Waals surface area contributed by atoms with E-state index >= 15 is 0 Å². The molecule has 0 saturated heterocycles. The molecule has 0 bridgehead atoms. The predicted molar refractivity (Wildman–Crippen MR) is 112 cm³/mol. The normalized spacial score (nSPS) is 10.7. The van der Waals surface area contributed by atoms with Crippen molar-refractivity contribution < 1.29 is 9.90 Å². The van der Waals surface area contributed by atoms with Gasteiger partial charge in [-0.3, -0.25) is 14.2 Å². The number of hydrogen-bond donors (Lipinski definition) is 2. The molecule has 9 heteroatoms. The minimum atomic E-state index is -0.444. The van der Waals surface area contributed by atoms with Crippen LogP contribution in [0.15, 0.2) is 58.5 Å². The number of hydrogen-bond acceptors (Lipinski definition) is 5. The number of rotatable bonds is 5. The maximum atomic E-state index is 12.4. The first-order chi connectivity index (χ1) is 13.3. The van der Waals surface area contributed by atoms with E-state index in [1.54, 1.807) is 24.3 Å². The van der Waals surface area contributed by atoms with Gasteiger partial charge in [0.2, 0.25) is 11.8 Å². The zero-order valence-electron chi connectivity index (χ0n) is 14.6. The largest absolute Gasteiger partial charge is 0.493 e. The molecule has 2 N–H and O–H groups in total. The molecule has 144 valence electrons. The molecule has 1 heterocycles. The lowest BCUT2D eigenvalue weighted by Crippen LogP contribution is -2.21. The third-order valence-electron chi connectivity index (χ3n) is 3.70. The van der Waals surface area contributed by atoms with Gasteiger partial charge in [-0.15, -0.1) is 0 Å². The highest BCUT2D eigenvalue weighted by Gasteiger charge is 2.14. The van der Waals surface area contributed by atoms with E-state index in [4.69, 9.17) is 23.2 Å². The average Bonchev–Trinajstić information content (AvgIpc) is 2.63. The van der Waals surface area contributed by atoms with Gasteiger partial charge in [-0.05, 0) is 37.3 Å². The van der Waals surface area contributed by atoms with Crippen LogP contribution in [0.1, 0.15) is 5.56 Å². The summed E-state index contributed by atoms with van der Waals surface area (Å²) in [7, 11) is 0. The van der Waals surface area contributed by atoms with E-state index in [1.165, 1.54) is 10.6 Å². The fourth-order valence-corrected chi connectivity index (χ4v) is 3.66. The van der Waals surface area contributed by atoms with Crippen LogP contribution >= 0.6 is 35.0 Å². The number of nitrogens with zero attached hydrogens (tertiary/aromatic N) is 2. The maximum absolute atomic E-state index is 12.4. The smallest absolute Gasteiger partial charge is 0.262 e.